The third-order valence-corrected chi connectivity index (χ3v) is 2.06. The fourth-order valence-corrected chi connectivity index (χ4v) is 1.29. The Balaban J connectivity index is 3.39. The van der Waals surface area contributed by atoms with Crippen molar-refractivity contribution in [3.05, 3.63) is 28.6 Å². The average molecular weight is 207 g/mol. The van der Waals surface area contributed by atoms with Crippen LogP contribution in [-0.2, 0) is 6.42 Å². The second-order valence-electron chi connectivity index (χ2n) is 2.90. The van der Waals surface area contributed by atoms with E-state index in [-0.39, 0.29) is 23.1 Å². The first-order valence-corrected chi connectivity index (χ1v) is 4.15. The van der Waals surface area contributed by atoms with Gasteiger partial charge in [-0.05, 0) is 12.5 Å². The second-order valence-corrected chi connectivity index (χ2v) is 2.90. The van der Waals surface area contributed by atoms with Crippen LogP contribution in [0.5, 0.6) is 0 Å². The molecular weight excluding hydrogens is 200 g/mol. The summed E-state index contributed by atoms with van der Waals surface area (Å²) in [5, 5.41) is 17.1. The highest BCUT2D eigenvalue weighted by Crippen LogP contribution is 2.27. The van der Waals surface area contributed by atoms with E-state index in [9.17, 15) is 8.78 Å². The summed E-state index contributed by atoms with van der Waals surface area (Å²) in [6.07, 6.45) is -1.67. The molecule has 1 rings (SSSR count). The van der Waals surface area contributed by atoms with Crippen molar-refractivity contribution in [2.75, 3.05) is 0 Å². The van der Waals surface area contributed by atoms with Gasteiger partial charge in [0, 0.05) is 11.8 Å². The zero-order valence-electron chi connectivity index (χ0n) is 7.96. The van der Waals surface area contributed by atoms with Crippen molar-refractivity contribution in [3.8, 4) is 12.1 Å². The molecule has 0 aliphatic carbocycles. The van der Waals surface area contributed by atoms with E-state index in [1.54, 1.807) is 6.07 Å². The van der Waals surface area contributed by atoms with Crippen molar-refractivity contribution in [2.45, 2.75) is 19.8 Å². The SMILES string of the molecule is Cc1c(CC#N)ncc(C#N)c1C(F)F. The molecule has 15 heavy (non-hydrogen) atoms. The molecule has 0 aliphatic rings. The fourth-order valence-electron chi connectivity index (χ4n) is 1.29. The quantitative estimate of drug-likeness (QED) is 0.747. The average Bonchev–Trinajstić information content (AvgIpc) is 2.20. The van der Waals surface area contributed by atoms with Gasteiger partial charge in [0.1, 0.15) is 6.07 Å². The normalized spacial score (nSPS) is 9.73. The van der Waals surface area contributed by atoms with Crippen LogP contribution in [0.15, 0.2) is 6.20 Å². The Morgan fingerprint density at radius 1 is 1.47 bits per heavy atom. The molecule has 0 atom stereocenters. The molecule has 0 fully saturated rings. The van der Waals surface area contributed by atoms with Crippen LogP contribution in [0, 0.1) is 29.6 Å². The Bertz CT molecular complexity index is 455. The summed E-state index contributed by atoms with van der Waals surface area (Å²) in [5.41, 5.74) is 0.0688. The lowest BCUT2D eigenvalue weighted by atomic mass is 10.0. The lowest BCUT2D eigenvalue weighted by Gasteiger charge is -2.09. The van der Waals surface area contributed by atoms with Gasteiger partial charge >= 0.3 is 0 Å². The number of rotatable bonds is 2. The summed E-state index contributed by atoms with van der Waals surface area (Å²) in [4.78, 5) is 3.80. The van der Waals surface area contributed by atoms with Crippen molar-refractivity contribution in [1.82, 2.24) is 4.98 Å². The number of pyridine rings is 1. The van der Waals surface area contributed by atoms with E-state index in [0.29, 0.717) is 5.69 Å². The van der Waals surface area contributed by atoms with E-state index in [1.807, 2.05) is 6.07 Å². The van der Waals surface area contributed by atoms with Gasteiger partial charge in [0.15, 0.2) is 0 Å². The third kappa shape index (κ3) is 2.08. The molecule has 0 amide bonds. The third-order valence-electron chi connectivity index (χ3n) is 2.06. The molecule has 1 heterocycles. The molecule has 3 nitrogen and oxygen atoms in total. The maximum Gasteiger partial charge on any atom is 0.265 e. The van der Waals surface area contributed by atoms with E-state index in [0.717, 1.165) is 6.20 Å². The molecule has 0 unspecified atom stereocenters. The van der Waals surface area contributed by atoms with Crippen molar-refractivity contribution in [3.63, 3.8) is 0 Å². The highest BCUT2D eigenvalue weighted by Gasteiger charge is 2.18. The Kier molecular flexibility index (Phi) is 3.30. The minimum atomic E-state index is -2.72. The first-order valence-electron chi connectivity index (χ1n) is 4.15. The van der Waals surface area contributed by atoms with E-state index >= 15 is 0 Å². The Morgan fingerprint density at radius 3 is 2.60 bits per heavy atom. The minimum absolute atomic E-state index is 0.0305. The summed E-state index contributed by atoms with van der Waals surface area (Å²) in [6, 6.07) is 3.50. The van der Waals surface area contributed by atoms with E-state index in [2.05, 4.69) is 4.98 Å². The van der Waals surface area contributed by atoms with Crippen LogP contribution in [0.2, 0.25) is 0 Å². The van der Waals surface area contributed by atoms with Crippen LogP contribution < -0.4 is 0 Å². The second kappa shape index (κ2) is 4.47. The van der Waals surface area contributed by atoms with Gasteiger partial charge in [-0.1, -0.05) is 0 Å². The predicted molar refractivity (Wildman–Crippen MR) is 48.0 cm³/mol. The summed E-state index contributed by atoms with van der Waals surface area (Å²) in [5.74, 6) is 0. The lowest BCUT2D eigenvalue weighted by Crippen LogP contribution is -2.02. The molecule has 0 radical (unpaired) electrons. The highest BCUT2D eigenvalue weighted by atomic mass is 19.3. The number of halogens is 2. The van der Waals surface area contributed by atoms with Gasteiger partial charge in [-0.2, -0.15) is 10.5 Å². The van der Waals surface area contributed by atoms with E-state index in [4.69, 9.17) is 10.5 Å². The maximum atomic E-state index is 12.6. The van der Waals surface area contributed by atoms with Gasteiger partial charge in [0.2, 0.25) is 0 Å². The number of nitriles is 2. The molecule has 0 saturated carbocycles. The topological polar surface area (TPSA) is 60.5 Å². The Labute approximate surface area is 85.6 Å². The van der Waals surface area contributed by atoms with Crippen molar-refractivity contribution < 1.29 is 8.78 Å². The Morgan fingerprint density at radius 2 is 2.13 bits per heavy atom. The summed E-state index contributed by atoms with van der Waals surface area (Å²) in [6.45, 7) is 1.45. The minimum Gasteiger partial charge on any atom is -0.259 e. The van der Waals surface area contributed by atoms with Crippen molar-refractivity contribution in [1.29, 1.82) is 10.5 Å². The molecule has 76 valence electrons. The van der Waals surface area contributed by atoms with Gasteiger partial charge in [0.05, 0.1) is 23.7 Å². The van der Waals surface area contributed by atoms with Gasteiger partial charge < -0.3 is 0 Å². The standard InChI is InChI=1S/C10H7F2N3/c1-6-8(2-3-13)15-5-7(4-14)9(6)10(11)12/h5,10H,2H2,1H3. The monoisotopic (exact) mass is 207 g/mol. The molecule has 0 aliphatic heterocycles. The van der Waals surface area contributed by atoms with Crippen LogP contribution in [0.4, 0.5) is 8.78 Å². The molecule has 1 aromatic heterocycles. The molecule has 0 spiro atoms. The number of hydrogen-bond donors (Lipinski definition) is 0. The van der Waals surface area contributed by atoms with Crippen LogP contribution in [0.3, 0.4) is 0 Å². The first kappa shape index (κ1) is 11.1. The van der Waals surface area contributed by atoms with Gasteiger partial charge in [-0.15, -0.1) is 0 Å². The predicted octanol–water partition coefficient (Wildman–Crippen LogP) is 2.27. The Hall–Kier alpha value is -2.01. The molecule has 1 aromatic rings. The summed E-state index contributed by atoms with van der Waals surface area (Å²) >= 11 is 0. The van der Waals surface area contributed by atoms with Crippen LogP contribution in [0.25, 0.3) is 0 Å². The van der Waals surface area contributed by atoms with E-state index in [1.165, 1.54) is 6.92 Å². The highest BCUT2D eigenvalue weighted by molar-refractivity contribution is 5.43. The number of hydrogen-bond acceptors (Lipinski definition) is 3. The maximum absolute atomic E-state index is 12.6. The van der Waals surface area contributed by atoms with Gasteiger partial charge in [0.25, 0.3) is 6.43 Å². The molecule has 0 N–H and O–H groups in total. The van der Waals surface area contributed by atoms with Crippen LogP contribution >= 0.6 is 0 Å². The first-order chi connectivity index (χ1) is 7.11. The zero-order valence-corrected chi connectivity index (χ0v) is 7.96. The lowest BCUT2D eigenvalue weighted by molar-refractivity contribution is 0.150. The van der Waals surface area contributed by atoms with Crippen LogP contribution in [-0.4, -0.2) is 4.98 Å². The summed E-state index contributed by atoms with van der Waals surface area (Å²) in [7, 11) is 0. The molecule has 0 aromatic carbocycles. The molecule has 0 bridgehead atoms. The van der Waals surface area contributed by atoms with Gasteiger partial charge in [-0.25, -0.2) is 8.78 Å². The van der Waals surface area contributed by atoms with E-state index < -0.39 is 6.43 Å². The molecule has 0 saturated heterocycles. The number of aromatic nitrogens is 1. The van der Waals surface area contributed by atoms with Crippen LogP contribution in [0.1, 0.15) is 28.8 Å². The smallest absolute Gasteiger partial charge is 0.259 e. The largest absolute Gasteiger partial charge is 0.265 e. The number of nitrogens with zero attached hydrogens (tertiary/aromatic N) is 3. The zero-order chi connectivity index (χ0) is 11.4. The molecular formula is C10H7F2N3. The van der Waals surface area contributed by atoms with Crippen molar-refractivity contribution >= 4 is 0 Å². The number of alkyl halides is 2. The fraction of sp³-hybridized carbons (Fsp3) is 0.300. The summed E-state index contributed by atoms with van der Waals surface area (Å²) < 4.78 is 25.3. The molecule has 5 heteroatoms. The van der Waals surface area contributed by atoms with Gasteiger partial charge in [-0.3, -0.25) is 4.98 Å². The van der Waals surface area contributed by atoms with Crippen molar-refractivity contribution in [2.24, 2.45) is 0 Å².